The van der Waals surface area contributed by atoms with E-state index >= 15 is 0 Å². The normalized spacial score (nSPS) is 16.7. The zero-order valence-electron chi connectivity index (χ0n) is 11.0. The summed E-state index contributed by atoms with van der Waals surface area (Å²) >= 11 is 5.95. The zero-order valence-corrected chi connectivity index (χ0v) is 13.4. The Balaban J connectivity index is 0.00000180. The van der Waals surface area contributed by atoms with Gasteiger partial charge < -0.3 is 5.32 Å². The Morgan fingerprint density at radius 2 is 1.95 bits per heavy atom. The lowest BCUT2D eigenvalue weighted by Crippen LogP contribution is -2.44. The summed E-state index contributed by atoms with van der Waals surface area (Å²) < 4.78 is 0. The van der Waals surface area contributed by atoms with Crippen LogP contribution in [-0.2, 0) is 0 Å². The van der Waals surface area contributed by atoms with E-state index in [1.54, 1.807) is 12.1 Å². The van der Waals surface area contributed by atoms with Gasteiger partial charge in [-0.1, -0.05) is 11.6 Å². The molecule has 0 aromatic heterocycles. The van der Waals surface area contributed by atoms with Gasteiger partial charge >= 0.3 is 0 Å². The average molecular weight is 343 g/mol. The van der Waals surface area contributed by atoms with Crippen molar-refractivity contribution in [3.05, 3.63) is 38.9 Å². The molecule has 1 aromatic rings. The molecule has 0 amide bonds. The summed E-state index contributed by atoms with van der Waals surface area (Å²) in [6.07, 6.45) is 0. The molecule has 0 unspecified atom stereocenters. The maximum atomic E-state index is 11.1. The van der Waals surface area contributed by atoms with Crippen LogP contribution >= 0.6 is 36.4 Å². The number of piperazine rings is 1. The van der Waals surface area contributed by atoms with Gasteiger partial charge in [-0.25, -0.2) is 0 Å². The molecule has 1 saturated heterocycles. The molecule has 0 bridgehead atoms. The summed E-state index contributed by atoms with van der Waals surface area (Å²) in [5.74, 6) is 0. The highest BCUT2D eigenvalue weighted by Crippen LogP contribution is 2.31. The van der Waals surface area contributed by atoms with Gasteiger partial charge in [-0.15, -0.1) is 24.8 Å². The van der Waals surface area contributed by atoms with E-state index in [1.165, 1.54) is 6.07 Å². The Bertz CT molecular complexity index is 454. The molecule has 1 N–H and O–H groups in total. The third kappa shape index (κ3) is 4.46. The van der Waals surface area contributed by atoms with Crippen LogP contribution < -0.4 is 5.32 Å². The molecule has 0 radical (unpaired) electrons. The number of nitro groups is 1. The van der Waals surface area contributed by atoms with Gasteiger partial charge in [-0.3, -0.25) is 15.0 Å². The van der Waals surface area contributed by atoms with E-state index in [4.69, 9.17) is 11.6 Å². The molecule has 20 heavy (non-hydrogen) atoms. The smallest absolute Gasteiger partial charge is 0.274 e. The van der Waals surface area contributed by atoms with Crippen molar-refractivity contribution in [2.75, 3.05) is 26.2 Å². The summed E-state index contributed by atoms with van der Waals surface area (Å²) in [5.41, 5.74) is 0.833. The van der Waals surface area contributed by atoms with Crippen LogP contribution in [-0.4, -0.2) is 36.0 Å². The molecule has 2 rings (SSSR count). The van der Waals surface area contributed by atoms with Gasteiger partial charge in [-0.2, -0.15) is 0 Å². The number of halogens is 3. The number of nitro benzene ring substituents is 1. The molecule has 0 aliphatic carbocycles. The van der Waals surface area contributed by atoms with Crippen molar-refractivity contribution in [1.82, 2.24) is 10.2 Å². The highest BCUT2D eigenvalue weighted by molar-refractivity contribution is 6.30. The van der Waals surface area contributed by atoms with E-state index in [0.717, 1.165) is 26.2 Å². The maximum Gasteiger partial charge on any atom is 0.274 e. The lowest BCUT2D eigenvalue weighted by atomic mass is 10.0. The molecule has 1 fully saturated rings. The van der Waals surface area contributed by atoms with Gasteiger partial charge in [0.2, 0.25) is 0 Å². The fraction of sp³-hybridized carbons (Fsp3) is 0.500. The predicted molar refractivity (Wildman–Crippen MR) is 85.5 cm³/mol. The van der Waals surface area contributed by atoms with E-state index in [1.807, 2.05) is 6.92 Å². The van der Waals surface area contributed by atoms with Crippen LogP contribution in [0.1, 0.15) is 18.5 Å². The molecule has 114 valence electrons. The van der Waals surface area contributed by atoms with Gasteiger partial charge in [-0.05, 0) is 19.1 Å². The molecule has 1 aromatic carbocycles. The average Bonchev–Trinajstić information content (AvgIpc) is 2.38. The van der Waals surface area contributed by atoms with Gasteiger partial charge in [0.1, 0.15) is 0 Å². The van der Waals surface area contributed by atoms with Crippen molar-refractivity contribution in [3.63, 3.8) is 0 Å². The predicted octanol–water partition coefficient (Wildman–Crippen LogP) is 3.06. The third-order valence-corrected chi connectivity index (χ3v) is 3.57. The lowest BCUT2D eigenvalue weighted by molar-refractivity contribution is -0.386. The van der Waals surface area contributed by atoms with Crippen molar-refractivity contribution in [2.45, 2.75) is 13.0 Å². The number of nitrogens with one attached hydrogen (secondary N) is 1. The van der Waals surface area contributed by atoms with Gasteiger partial charge in [0, 0.05) is 48.9 Å². The Kier molecular flexibility index (Phi) is 8.39. The van der Waals surface area contributed by atoms with E-state index in [0.29, 0.717) is 10.6 Å². The minimum Gasteiger partial charge on any atom is -0.314 e. The first-order valence-corrected chi connectivity index (χ1v) is 6.36. The standard InChI is InChI=1S/C12H16ClN3O2.2ClH/c1-9(15-6-4-14-5-7-15)11-8-10(13)2-3-12(11)16(17)18;;/h2-3,8-9,14H,4-7H2,1H3;2*1H/t9-;;/m0../s1. The zero-order chi connectivity index (χ0) is 13.1. The van der Waals surface area contributed by atoms with E-state index < -0.39 is 0 Å². The van der Waals surface area contributed by atoms with Crippen molar-refractivity contribution < 1.29 is 4.92 Å². The highest BCUT2D eigenvalue weighted by atomic mass is 35.5. The molecular formula is C12H18Cl3N3O2. The van der Waals surface area contributed by atoms with Crippen LogP contribution in [0.15, 0.2) is 18.2 Å². The number of hydrogen-bond acceptors (Lipinski definition) is 4. The Hall–Kier alpha value is -0.590. The second kappa shape index (κ2) is 8.64. The summed E-state index contributed by atoms with van der Waals surface area (Å²) in [6.45, 7) is 5.61. The highest BCUT2D eigenvalue weighted by Gasteiger charge is 2.25. The monoisotopic (exact) mass is 341 g/mol. The van der Waals surface area contributed by atoms with Crippen LogP contribution in [0.4, 0.5) is 5.69 Å². The number of nitrogens with zero attached hydrogens (tertiary/aromatic N) is 2. The van der Waals surface area contributed by atoms with Gasteiger partial charge in [0.05, 0.1) is 4.92 Å². The molecule has 1 aliphatic heterocycles. The van der Waals surface area contributed by atoms with Crippen LogP contribution in [0.5, 0.6) is 0 Å². The topological polar surface area (TPSA) is 58.4 Å². The van der Waals surface area contributed by atoms with Crippen LogP contribution in [0.25, 0.3) is 0 Å². The van der Waals surface area contributed by atoms with Crippen molar-refractivity contribution in [2.24, 2.45) is 0 Å². The Morgan fingerprint density at radius 1 is 1.35 bits per heavy atom. The molecule has 0 spiro atoms. The molecule has 0 saturated carbocycles. The minimum absolute atomic E-state index is 0. The summed E-state index contributed by atoms with van der Waals surface area (Å²) in [4.78, 5) is 12.9. The largest absolute Gasteiger partial charge is 0.314 e. The SMILES string of the molecule is C[C@@H](c1cc(Cl)ccc1[N+](=O)[O-])N1CCNCC1.Cl.Cl. The number of benzene rings is 1. The van der Waals surface area contributed by atoms with Crippen molar-refractivity contribution in [1.29, 1.82) is 0 Å². The third-order valence-electron chi connectivity index (χ3n) is 3.34. The molecule has 1 atom stereocenters. The molecule has 1 heterocycles. The summed E-state index contributed by atoms with van der Waals surface area (Å²) in [7, 11) is 0. The Labute approximate surface area is 135 Å². The van der Waals surface area contributed by atoms with Crippen LogP contribution in [0.2, 0.25) is 5.02 Å². The van der Waals surface area contributed by atoms with Gasteiger partial charge in [0.25, 0.3) is 5.69 Å². The fourth-order valence-electron chi connectivity index (χ4n) is 2.29. The second-order valence-electron chi connectivity index (χ2n) is 4.42. The first-order chi connectivity index (χ1) is 8.59. The van der Waals surface area contributed by atoms with Crippen molar-refractivity contribution in [3.8, 4) is 0 Å². The van der Waals surface area contributed by atoms with Crippen LogP contribution in [0.3, 0.4) is 0 Å². The number of rotatable bonds is 3. The summed E-state index contributed by atoms with van der Waals surface area (Å²) in [5, 5.41) is 14.9. The summed E-state index contributed by atoms with van der Waals surface area (Å²) in [6, 6.07) is 4.75. The molecular weight excluding hydrogens is 325 g/mol. The quantitative estimate of drug-likeness (QED) is 0.677. The molecule has 1 aliphatic rings. The van der Waals surface area contributed by atoms with Crippen LogP contribution in [0, 0.1) is 10.1 Å². The van der Waals surface area contributed by atoms with Crippen molar-refractivity contribution >= 4 is 42.1 Å². The lowest BCUT2D eigenvalue weighted by Gasteiger charge is -2.32. The first-order valence-electron chi connectivity index (χ1n) is 5.98. The molecule has 8 heteroatoms. The first kappa shape index (κ1) is 19.4. The fourth-order valence-corrected chi connectivity index (χ4v) is 2.47. The van der Waals surface area contributed by atoms with E-state index in [9.17, 15) is 10.1 Å². The Morgan fingerprint density at radius 3 is 2.50 bits per heavy atom. The minimum atomic E-state index is -0.343. The second-order valence-corrected chi connectivity index (χ2v) is 4.86. The number of hydrogen-bond donors (Lipinski definition) is 1. The van der Waals surface area contributed by atoms with E-state index in [-0.39, 0.29) is 41.5 Å². The molecule has 5 nitrogen and oxygen atoms in total. The van der Waals surface area contributed by atoms with Gasteiger partial charge in [0.15, 0.2) is 0 Å². The maximum absolute atomic E-state index is 11.1. The van der Waals surface area contributed by atoms with E-state index in [2.05, 4.69) is 10.2 Å².